The number of aliphatic hydroxyl groups is 1. The van der Waals surface area contributed by atoms with E-state index < -0.39 is 17.8 Å². The summed E-state index contributed by atoms with van der Waals surface area (Å²) in [5.74, 6) is 5.66. The zero-order valence-electron chi connectivity index (χ0n) is 24.6. The van der Waals surface area contributed by atoms with Crippen molar-refractivity contribution in [2.75, 3.05) is 26.2 Å². The van der Waals surface area contributed by atoms with Gasteiger partial charge in [0, 0.05) is 48.9 Å². The first kappa shape index (κ1) is 32.6. The lowest BCUT2D eigenvalue weighted by molar-refractivity contribution is -0.137. The van der Waals surface area contributed by atoms with Crippen LogP contribution in [0.1, 0.15) is 57.7 Å². The molecule has 2 aromatic carbocycles. The molecule has 0 unspecified atom stereocenters. The van der Waals surface area contributed by atoms with Crippen molar-refractivity contribution in [3.8, 4) is 28.1 Å². The number of hydrazine groups is 1. The van der Waals surface area contributed by atoms with E-state index in [9.17, 15) is 23.1 Å². The van der Waals surface area contributed by atoms with Crippen LogP contribution in [0.2, 0.25) is 10.0 Å². The van der Waals surface area contributed by atoms with Gasteiger partial charge in [-0.3, -0.25) is 15.1 Å². The van der Waals surface area contributed by atoms with Gasteiger partial charge >= 0.3 is 6.18 Å². The van der Waals surface area contributed by atoms with Crippen molar-refractivity contribution >= 4 is 40.4 Å². The number of alkyl halides is 3. The van der Waals surface area contributed by atoms with E-state index in [-0.39, 0.29) is 11.6 Å². The number of hydrogen-bond donors (Lipinski definition) is 2. The molecule has 2 aliphatic heterocycles. The van der Waals surface area contributed by atoms with Crippen molar-refractivity contribution in [1.82, 2.24) is 25.1 Å². The van der Waals surface area contributed by atoms with Crippen LogP contribution in [0.25, 0.3) is 16.3 Å². The minimum atomic E-state index is -4.42. The predicted molar refractivity (Wildman–Crippen MR) is 173 cm³/mol. The van der Waals surface area contributed by atoms with Gasteiger partial charge < -0.3 is 5.11 Å². The number of thiophene rings is 1. The Morgan fingerprint density at radius 3 is 2.46 bits per heavy atom. The molecule has 0 bridgehead atoms. The number of likely N-dealkylation sites (tertiary alicyclic amines) is 1. The molecule has 6 rings (SSSR count). The second-order valence-electron chi connectivity index (χ2n) is 11.3. The molecular weight excluding hydrogens is 658 g/mol. The molecule has 4 aromatic rings. The summed E-state index contributed by atoms with van der Waals surface area (Å²) in [7, 11) is 0. The van der Waals surface area contributed by atoms with Gasteiger partial charge in [-0.25, -0.2) is 9.69 Å². The average molecular weight is 689 g/mol. The maximum Gasteiger partial charge on any atom is 0.416 e. The molecule has 1 amide bonds. The number of hydrogen-bond acceptors (Lipinski definition) is 6. The van der Waals surface area contributed by atoms with Crippen molar-refractivity contribution in [2.45, 2.75) is 44.5 Å². The summed E-state index contributed by atoms with van der Waals surface area (Å²) >= 11 is 14.3. The van der Waals surface area contributed by atoms with E-state index in [1.54, 1.807) is 22.9 Å². The largest absolute Gasteiger partial charge is 0.416 e. The van der Waals surface area contributed by atoms with Gasteiger partial charge in [0.1, 0.15) is 0 Å². The highest BCUT2D eigenvalue weighted by Gasteiger charge is 2.31. The number of benzene rings is 2. The molecule has 2 aromatic heterocycles. The van der Waals surface area contributed by atoms with Gasteiger partial charge in [-0.15, -0.1) is 11.3 Å². The zero-order valence-corrected chi connectivity index (χ0v) is 26.9. The van der Waals surface area contributed by atoms with Crippen molar-refractivity contribution in [1.29, 1.82) is 0 Å². The Kier molecular flexibility index (Phi) is 9.75. The third-order valence-corrected chi connectivity index (χ3v) is 9.51. The van der Waals surface area contributed by atoms with Crippen LogP contribution in [0.3, 0.4) is 0 Å². The molecule has 2 N–H and O–H groups in total. The van der Waals surface area contributed by atoms with Crippen LogP contribution >= 0.6 is 34.5 Å². The Hall–Kier alpha value is -3.37. The maximum atomic E-state index is 13.8. The number of carbonyl (C=O) groups excluding carboxylic acids is 1. The van der Waals surface area contributed by atoms with E-state index in [2.05, 4.69) is 22.2 Å². The van der Waals surface area contributed by atoms with Gasteiger partial charge in [-0.05, 0) is 73.9 Å². The lowest BCUT2D eigenvalue weighted by Crippen LogP contribution is -2.45. The van der Waals surface area contributed by atoms with Gasteiger partial charge in [-0.2, -0.15) is 18.3 Å². The van der Waals surface area contributed by atoms with Crippen LogP contribution < -0.4 is 5.43 Å². The molecule has 7 nitrogen and oxygen atoms in total. The Labute approximate surface area is 278 Å². The minimum Gasteiger partial charge on any atom is -0.392 e. The lowest BCUT2D eigenvalue weighted by Gasteiger charge is -2.26. The highest BCUT2D eigenvalue weighted by Crippen LogP contribution is 2.38. The standard InChI is InChI=1S/C33H30Cl2F3N5O2S/c34-23-9-12-28(27(35)18-23)43-31(29-13-11-25(46-29)10-6-21-4-7-22(8-5-21)33(36,37)38)26(20-41-17-14-24(44)19-41)30(39-43)32(45)40-42-15-2-1-3-16-42/h4-5,7-9,11-13,18,24,44H,1-3,14-17,19-20H2,(H,40,45)/t24-/m0/s1. The van der Waals surface area contributed by atoms with Crippen LogP contribution in [0.5, 0.6) is 0 Å². The molecule has 0 saturated carbocycles. The van der Waals surface area contributed by atoms with E-state index in [4.69, 9.17) is 28.3 Å². The van der Waals surface area contributed by atoms with Crippen molar-refractivity contribution in [3.63, 3.8) is 0 Å². The van der Waals surface area contributed by atoms with Gasteiger partial charge in [0.25, 0.3) is 5.91 Å². The summed E-state index contributed by atoms with van der Waals surface area (Å²) in [5.41, 5.74) is 4.87. The number of halogens is 5. The van der Waals surface area contributed by atoms with E-state index in [0.29, 0.717) is 63.5 Å². The number of piperidine rings is 1. The van der Waals surface area contributed by atoms with E-state index >= 15 is 0 Å². The Morgan fingerprint density at radius 1 is 1.02 bits per heavy atom. The number of aliphatic hydroxyl groups excluding tert-OH is 1. The van der Waals surface area contributed by atoms with Crippen LogP contribution in [-0.4, -0.2) is 63.0 Å². The van der Waals surface area contributed by atoms with Gasteiger partial charge in [0.15, 0.2) is 5.69 Å². The molecule has 2 saturated heterocycles. The molecule has 46 heavy (non-hydrogen) atoms. The molecule has 0 spiro atoms. The second-order valence-corrected chi connectivity index (χ2v) is 13.3. The van der Waals surface area contributed by atoms with Gasteiger partial charge in [0.05, 0.1) is 37.8 Å². The summed E-state index contributed by atoms with van der Waals surface area (Å²) in [4.78, 5) is 17.4. The number of amides is 1. The summed E-state index contributed by atoms with van der Waals surface area (Å²) in [5, 5.41) is 17.8. The molecule has 4 heterocycles. The lowest BCUT2D eigenvalue weighted by atomic mass is 10.1. The fraction of sp³-hybridized carbons (Fsp3) is 0.333. The Bertz CT molecular complexity index is 1790. The zero-order chi connectivity index (χ0) is 32.4. The average Bonchev–Trinajstić information content (AvgIpc) is 3.75. The van der Waals surface area contributed by atoms with Crippen LogP contribution in [-0.2, 0) is 12.7 Å². The van der Waals surface area contributed by atoms with Crippen molar-refractivity contribution < 1.29 is 23.1 Å². The number of rotatable bonds is 6. The first-order valence-electron chi connectivity index (χ1n) is 14.9. The summed E-state index contributed by atoms with van der Waals surface area (Å²) in [6.45, 7) is 3.00. The molecular formula is C33H30Cl2F3N5O2S. The van der Waals surface area contributed by atoms with Crippen LogP contribution in [0, 0.1) is 11.8 Å². The van der Waals surface area contributed by atoms with Crippen molar-refractivity contribution in [3.05, 3.63) is 91.9 Å². The number of nitrogens with zero attached hydrogens (tertiary/aromatic N) is 4. The van der Waals surface area contributed by atoms with E-state index in [0.717, 1.165) is 49.4 Å². The highest BCUT2D eigenvalue weighted by atomic mass is 35.5. The third kappa shape index (κ3) is 7.44. The fourth-order valence-corrected chi connectivity index (χ4v) is 7.06. The first-order valence-corrected chi connectivity index (χ1v) is 16.5. The molecule has 0 radical (unpaired) electrons. The van der Waals surface area contributed by atoms with Crippen LogP contribution in [0.15, 0.2) is 54.6 Å². The molecule has 2 fully saturated rings. The topological polar surface area (TPSA) is 73.6 Å². The second kappa shape index (κ2) is 13.8. The smallest absolute Gasteiger partial charge is 0.392 e. The Morgan fingerprint density at radius 2 is 1.78 bits per heavy atom. The Balaban J connectivity index is 1.42. The summed E-state index contributed by atoms with van der Waals surface area (Å²) in [6.07, 6.45) is -1.15. The number of β-amino-alcohol motifs (C(OH)–C–C–N with tert-alkyl or cyclic N) is 1. The van der Waals surface area contributed by atoms with Crippen molar-refractivity contribution in [2.24, 2.45) is 0 Å². The normalized spacial score (nSPS) is 17.6. The van der Waals surface area contributed by atoms with Gasteiger partial charge in [0.2, 0.25) is 0 Å². The van der Waals surface area contributed by atoms with E-state index in [1.165, 1.54) is 23.5 Å². The first-order chi connectivity index (χ1) is 22.0. The predicted octanol–water partition coefficient (Wildman–Crippen LogP) is 7.02. The molecule has 1 atom stereocenters. The quantitative estimate of drug-likeness (QED) is 0.213. The molecule has 240 valence electrons. The number of aromatic nitrogens is 2. The molecule has 13 heteroatoms. The number of carbonyl (C=O) groups is 1. The maximum absolute atomic E-state index is 13.8. The molecule has 2 aliphatic rings. The fourth-order valence-electron chi connectivity index (χ4n) is 5.65. The van der Waals surface area contributed by atoms with E-state index in [1.807, 2.05) is 17.1 Å². The highest BCUT2D eigenvalue weighted by molar-refractivity contribution is 7.16. The monoisotopic (exact) mass is 687 g/mol. The third-order valence-electron chi connectivity index (χ3n) is 7.96. The molecule has 0 aliphatic carbocycles. The SMILES string of the molecule is O=C(NN1CCCCC1)c1nn(-c2ccc(Cl)cc2Cl)c(-c2ccc(C#Cc3ccc(C(F)(F)F)cc3)s2)c1CN1CC[C@H](O)C1. The summed E-state index contributed by atoms with van der Waals surface area (Å²) in [6, 6.07) is 13.5. The van der Waals surface area contributed by atoms with Crippen LogP contribution in [0.4, 0.5) is 13.2 Å². The van der Waals surface area contributed by atoms with Gasteiger partial charge in [-0.1, -0.05) is 41.5 Å². The number of nitrogens with one attached hydrogen (secondary N) is 1. The minimum absolute atomic E-state index is 0.249. The summed E-state index contributed by atoms with van der Waals surface area (Å²) < 4.78 is 40.6.